The zero-order valence-corrected chi connectivity index (χ0v) is 11.7. The lowest BCUT2D eigenvalue weighted by Crippen LogP contribution is -2.42. The summed E-state index contributed by atoms with van der Waals surface area (Å²) in [6.45, 7) is 0.534. The van der Waals surface area contributed by atoms with E-state index in [1.165, 1.54) is 0 Å². The van der Waals surface area contributed by atoms with Crippen LogP contribution < -0.4 is 5.32 Å². The van der Waals surface area contributed by atoms with Gasteiger partial charge in [-0.2, -0.15) is 0 Å². The van der Waals surface area contributed by atoms with E-state index in [4.69, 9.17) is 0 Å². The number of hydrogen-bond donors (Lipinski definition) is 1. The Morgan fingerprint density at radius 2 is 2.22 bits per heavy atom. The number of likely N-dealkylation sites (N-methyl/N-ethyl adjacent to an activating group) is 1. The van der Waals surface area contributed by atoms with Crippen LogP contribution >= 0.6 is 15.9 Å². The molecular formula is C13H15BrN2O2. The second-order valence-corrected chi connectivity index (χ2v) is 5.30. The van der Waals surface area contributed by atoms with E-state index in [1.54, 1.807) is 11.9 Å². The minimum atomic E-state index is -0.356. The topological polar surface area (TPSA) is 49.4 Å². The molecule has 0 spiro atoms. The number of carbonyl (C=O) groups is 2. The first kappa shape index (κ1) is 13.1. The Balaban J connectivity index is 2.00. The fraction of sp³-hybridized carbons (Fsp3) is 0.385. The van der Waals surface area contributed by atoms with Gasteiger partial charge in [-0.05, 0) is 18.1 Å². The molecule has 1 N–H and O–H groups in total. The normalized spacial score (nSPS) is 18.6. The third kappa shape index (κ3) is 2.90. The number of nitrogens with zero attached hydrogens (tertiary/aromatic N) is 1. The summed E-state index contributed by atoms with van der Waals surface area (Å²) in [4.78, 5) is 24.9. The fourth-order valence-electron chi connectivity index (χ4n) is 2.03. The lowest BCUT2D eigenvalue weighted by Gasteiger charge is -2.21. The zero-order chi connectivity index (χ0) is 13.1. The van der Waals surface area contributed by atoms with Gasteiger partial charge in [0.1, 0.15) is 6.04 Å². The van der Waals surface area contributed by atoms with Crippen molar-refractivity contribution in [2.24, 2.45) is 0 Å². The van der Waals surface area contributed by atoms with Crippen molar-refractivity contribution in [3.8, 4) is 0 Å². The first-order chi connectivity index (χ1) is 8.58. The SMILES string of the molecule is CN(Cc1ccccc1Br)C(=O)[C@@H]1CCC(=O)N1. The number of rotatable bonds is 3. The van der Waals surface area contributed by atoms with E-state index in [-0.39, 0.29) is 17.9 Å². The molecule has 1 aromatic rings. The number of carbonyl (C=O) groups excluding carboxylic acids is 2. The van der Waals surface area contributed by atoms with Crippen LogP contribution in [0.4, 0.5) is 0 Å². The van der Waals surface area contributed by atoms with E-state index < -0.39 is 0 Å². The minimum Gasteiger partial charge on any atom is -0.344 e. The summed E-state index contributed by atoms with van der Waals surface area (Å²) >= 11 is 3.46. The molecule has 0 bridgehead atoms. The predicted molar refractivity (Wildman–Crippen MR) is 71.8 cm³/mol. The van der Waals surface area contributed by atoms with Crippen LogP contribution in [-0.4, -0.2) is 29.8 Å². The summed E-state index contributed by atoms with van der Waals surface area (Å²) in [6, 6.07) is 7.44. The average molecular weight is 311 g/mol. The van der Waals surface area contributed by atoms with Gasteiger partial charge >= 0.3 is 0 Å². The molecule has 18 heavy (non-hydrogen) atoms. The minimum absolute atomic E-state index is 0.0309. The van der Waals surface area contributed by atoms with Crippen molar-refractivity contribution in [1.29, 1.82) is 0 Å². The molecule has 0 unspecified atom stereocenters. The number of halogens is 1. The molecule has 1 aliphatic heterocycles. The van der Waals surface area contributed by atoms with Gasteiger partial charge in [-0.15, -0.1) is 0 Å². The maximum atomic E-state index is 12.1. The molecule has 0 aromatic heterocycles. The van der Waals surface area contributed by atoms with Crippen LogP contribution in [0, 0.1) is 0 Å². The Kier molecular flexibility index (Phi) is 4.01. The van der Waals surface area contributed by atoms with Gasteiger partial charge in [-0.1, -0.05) is 34.1 Å². The van der Waals surface area contributed by atoms with Crippen LogP contribution in [0.3, 0.4) is 0 Å². The molecule has 1 aromatic carbocycles. The molecule has 0 radical (unpaired) electrons. The molecule has 1 heterocycles. The standard InChI is InChI=1S/C13H15BrN2O2/c1-16(8-9-4-2-3-5-10(9)14)13(18)11-6-7-12(17)15-11/h2-5,11H,6-8H2,1H3,(H,15,17)/t11-/m0/s1. The summed E-state index contributed by atoms with van der Waals surface area (Å²) in [6.07, 6.45) is 1.04. The highest BCUT2D eigenvalue weighted by molar-refractivity contribution is 9.10. The van der Waals surface area contributed by atoms with Gasteiger partial charge < -0.3 is 10.2 Å². The van der Waals surface area contributed by atoms with Gasteiger partial charge in [0.05, 0.1) is 0 Å². The largest absolute Gasteiger partial charge is 0.344 e. The highest BCUT2D eigenvalue weighted by Gasteiger charge is 2.29. The van der Waals surface area contributed by atoms with Crippen LogP contribution in [-0.2, 0) is 16.1 Å². The van der Waals surface area contributed by atoms with Crippen LogP contribution in [0.2, 0.25) is 0 Å². The van der Waals surface area contributed by atoms with Gasteiger partial charge in [0.2, 0.25) is 11.8 Å². The highest BCUT2D eigenvalue weighted by atomic mass is 79.9. The second-order valence-electron chi connectivity index (χ2n) is 4.44. The molecule has 96 valence electrons. The maximum absolute atomic E-state index is 12.1. The van der Waals surface area contributed by atoms with Gasteiger partial charge in [-0.25, -0.2) is 0 Å². The van der Waals surface area contributed by atoms with Crippen molar-refractivity contribution >= 4 is 27.7 Å². The third-order valence-electron chi connectivity index (χ3n) is 3.03. The Bertz CT molecular complexity index is 476. The Morgan fingerprint density at radius 3 is 2.83 bits per heavy atom. The van der Waals surface area contributed by atoms with E-state index in [2.05, 4.69) is 21.2 Å². The summed E-state index contributed by atoms with van der Waals surface area (Å²) in [7, 11) is 1.76. The van der Waals surface area contributed by atoms with E-state index in [9.17, 15) is 9.59 Å². The smallest absolute Gasteiger partial charge is 0.245 e. The third-order valence-corrected chi connectivity index (χ3v) is 3.81. The van der Waals surface area contributed by atoms with Crippen molar-refractivity contribution in [3.63, 3.8) is 0 Å². The summed E-state index contributed by atoms with van der Waals surface area (Å²) in [5.41, 5.74) is 1.05. The Hall–Kier alpha value is -1.36. The van der Waals surface area contributed by atoms with Crippen LogP contribution in [0.1, 0.15) is 18.4 Å². The number of amides is 2. The van der Waals surface area contributed by atoms with Crippen LogP contribution in [0.5, 0.6) is 0 Å². The molecule has 1 atom stereocenters. The first-order valence-corrected chi connectivity index (χ1v) is 6.65. The van der Waals surface area contributed by atoms with Gasteiger partial charge in [0, 0.05) is 24.5 Å². The molecule has 1 saturated heterocycles. The fourth-order valence-corrected chi connectivity index (χ4v) is 2.44. The maximum Gasteiger partial charge on any atom is 0.245 e. The van der Waals surface area contributed by atoms with E-state index >= 15 is 0 Å². The monoisotopic (exact) mass is 310 g/mol. The molecule has 1 fully saturated rings. The van der Waals surface area contributed by atoms with Gasteiger partial charge in [0.25, 0.3) is 0 Å². The van der Waals surface area contributed by atoms with Crippen molar-refractivity contribution in [2.45, 2.75) is 25.4 Å². The predicted octanol–water partition coefficient (Wildman–Crippen LogP) is 1.69. The molecule has 5 heteroatoms. The van der Waals surface area contributed by atoms with E-state index in [0.29, 0.717) is 19.4 Å². The van der Waals surface area contributed by atoms with Crippen molar-refractivity contribution < 1.29 is 9.59 Å². The number of nitrogens with one attached hydrogen (secondary N) is 1. The molecule has 2 rings (SSSR count). The molecular weight excluding hydrogens is 296 g/mol. The van der Waals surface area contributed by atoms with E-state index in [0.717, 1.165) is 10.0 Å². The molecule has 2 amide bonds. The molecule has 1 aliphatic rings. The first-order valence-electron chi connectivity index (χ1n) is 5.85. The summed E-state index contributed by atoms with van der Waals surface area (Å²) in [5, 5.41) is 2.69. The van der Waals surface area contributed by atoms with Crippen molar-refractivity contribution in [2.75, 3.05) is 7.05 Å². The average Bonchev–Trinajstić information content (AvgIpc) is 2.78. The Morgan fingerprint density at radius 1 is 1.50 bits per heavy atom. The molecule has 0 aliphatic carbocycles. The second kappa shape index (κ2) is 5.52. The highest BCUT2D eigenvalue weighted by Crippen LogP contribution is 2.18. The van der Waals surface area contributed by atoms with E-state index in [1.807, 2.05) is 24.3 Å². The van der Waals surface area contributed by atoms with Crippen molar-refractivity contribution in [3.05, 3.63) is 34.3 Å². The zero-order valence-electron chi connectivity index (χ0n) is 10.1. The van der Waals surface area contributed by atoms with Crippen LogP contribution in [0.15, 0.2) is 28.7 Å². The Labute approximate surface area is 114 Å². The number of benzene rings is 1. The summed E-state index contributed by atoms with van der Waals surface area (Å²) in [5.74, 6) is -0.0701. The number of hydrogen-bond acceptors (Lipinski definition) is 2. The quantitative estimate of drug-likeness (QED) is 0.923. The lowest BCUT2D eigenvalue weighted by atomic mass is 10.1. The lowest BCUT2D eigenvalue weighted by molar-refractivity contribution is -0.133. The van der Waals surface area contributed by atoms with Gasteiger partial charge in [0.15, 0.2) is 0 Å². The molecule has 0 saturated carbocycles. The van der Waals surface area contributed by atoms with Crippen molar-refractivity contribution in [1.82, 2.24) is 10.2 Å². The summed E-state index contributed by atoms with van der Waals surface area (Å²) < 4.78 is 0.986. The van der Waals surface area contributed by atoms with Crippen LogP contribution in [0.25, 0.3) is 0 Å². The van der Waals surface area contributed by atoms with Gasteiger partial charge in [-0.3, -0.25) is 9.59 Å². The molecule has 4 nitrogen and oxygen atoms in total.